The molecule has 2 aliphatic rings. The number of benzene rings is 2. The predicted molar refractivity (Wildman–Crippen MR) is 103 cm³/mol. The normalized spacial score (nSPS) is 19.9. The summed E-state index contributed by atoms with van der Waals surface area (Å²) >= 11 is 6.02. The van der Waals surface area contributed by atoms with Crippen LogP contribution in [0.3, 0.4) is 0 Å². The van der Waals surface area contributed by atoms with Crippen LogP contribution in [0.1, 0.15) is 42.4 Å². The van der Waals surface area contributed by atoms with Crippen LogP contribution < -0.4 is 5.32 Å². The van der Waals surface area contributed by atoms with Crippen LogP contribution in [0.2, 0.25) is 5.02 Å². The second-order valence-corrected chi connectivity index (χ2v) is 8.26. The molecule has 1 fully saturated rings. The Hall–Kier alpha value is -1.84. The van der Waals surface area contributed by atoms with E-state index in [1.165, 1.54) is 11.1 Å². The Morgan fingerprint density at radius 3 is 2.15 bits per heavy atom. The molecule has 1 amide bonds. The van der Waals surface area contributed by atoms with Gasteiger partial charge in [-0.25, -0.2) is 0 Å². The lowest BCUT2D eigenvalue weighted by atomic mass is 9.78. The zero-order chi connectivity index (χ0) is 18.2. The summed E-state index contributed by atoms with van der Waals surface area (Å²) in [5, 5.41) is 14.7. The third kappa shape index (κ3) is 3.15. The van der Waals surface area contributed by atoms with Crippen LogP contribution in [-0.4, -0.2) is 23.2 Å². The summed E-state index contributed by atoms with van der Waals surface area (Å²) < 4.78 is 0. The van der Waals surface area contributed by atoms with Crippen molar-refractivity contribution in [3.8, 4) is 0 Å². The minimum atomic E-state index is -0.890. The molecule has 2 aromatic carbocycles. The summed E-state index contributed by atoms with van der Waals surface area (Å²) in [4.78, 5) is 13.2. The van der Waals surface area contributed by atoms with Crippen molar-refractivity contribution in [1.82, 2.24) is 5.32 Å². The number of rotatable bonds is 4. The van der Waals surface area contributed by atoms with Gasteiger partial charge in [0.2, 0.25) is 5.91 Å². The zero-order valence-electron chi connectivity index (χ0n) is 14.8. The average Bonchev–Trinajstić information content (AvgIpc) is 3.25. The molecule has 0 saturated heterocycles. The Kier molecular flexibility index (Phi) is 4.54. The first-order chi connectivity index (χ1) is 12.5. The zero-order valence-corrected chi connectivity index (χ0v) is 15.6. The van der Waals surface area contributed by atoms with Gasteiger partial charge in [-0.15, -0.1) is 0 Å². The van der Waals surface area contributed by atoms with Gasteiger partial charge in [0.1, 0.15) is 0 Å². The van der Waals surface area contributed by atoms with Gasteiger partial charge in [0.05, 0.1) is 11.0 Å². The second kappa shape index (κ2) is 6.71. The number of fused-ring (bicyclic) bond motifs is 1. The summed E-state index contributed by atoms with van der Waals surface area (Å²) in [7, 11) is 0. The van der Waals surface area contributed by atoms with E-state index in [1.807, 2.05) is 36.4 Å². The number of carbonyl (C=O) groups excluding carboxylic acids is 1. The van der Waals surface area contributed by atoms with E-state index in [4.69, 9.17) is 11.6 Å². The fourth-order valence-electron chi connectivity index (χ4n) is 4.61. The predicted octanol–water partition coefficient (Wildman–Crippen LogP) is 3.80. The molecule has 2 aliphatic carbocycles. The Balaban J connectivity index is 1.49. The van der Waals surface area contributed by atoms with Crippen LogP contribution in [0.4, 0.5) is 0 Å². The van der Waals surface area contributed by atoms with Gasteiger partial charge in [0, 0.05) is 24.4 Å². The molecule has 2 N–H and O–H groups in total. The fraction of sp³-hybridized carbons (Fsp3) is 0.409. The Morgan fingerprint density at radius 1 is 1.00 bits per heavy atom. The van der Waals surface area contributed by atoms with E-state index in [2.05, 4.69) is 17.4 Å². The van der Waals surface area contributed by atoms with Gasteiger partial charge in [-0.1, -0.05) is 60.8 Å². The minimum Gasteiger partial charge on any atom is -0.387 e. The number of amides is 1. The highest BCUT2D eigenvalue weighted by molar-refractivity contribution is 6.30. The largest absolute Gasteiger partial charge is 0.387 e. The number of hydrogen-bond donors (Lipinski definition) is 2. The molecule has 1 saturated carbocycles. The number of aliphatic hydroxyl groups is 1. The molecule has 3 nitrogen and oxygen atoms in total. The van der Waals surface area contributed by atoms with Gasteiger partial charge >= 0.3 is 0 Å². The van der Waals surface area contributed by atoms with Crippen molar-refractivity contribution < 1.29 is 9.90 Å². The lowest BCUT2D eigenvalue weighted by molar-refractivity contribution is -0.127. The Morgan fingerprint density at radius 2 is 1.58 bits per heavy atom. The number of hydrogen-bond acceptors (Lipinski definition) is 2. The van der Waals surface area contributed by atoms with Crippen molar-refractivity contribution >= 4 is 17.5 Å². The van der Waals surface area contributed by atoms with Crippen LogP contribution in [-0.2, 0) is 23.1 Å². The summed E-state index contributed by atoms with van der Waals surface area (Å²) in [6.45, 7) is 0.288. The van der Waals surface area contributed by atoms with E-state index >= 15 is 0 Å². The Bertz CT molecular complexity index is 784. The van der Waals surface area contributed by atoms with Gasteiger partial charge < -0.3 is 10.4 Å². The monoisotopic (exact) mass is 369 g/mol. The first kappa shape index (κ1) is 17.6. The lowest BCUT2D eigenvalue weighted by Gasteiger charge is -2.31. The SMILES string of the molecule is O=C(NCC1(O)Cc2ccccc2C1)C1(c2ccc(Cl)cc2)CCCC1. The molecule has 0 aromatic heterocycles. The van der Waals surface area contributed by atoms with Crippen LogP contribution in [0.5, 0.6) is 0 Å². The molecule has 0 bridgehead atoms. The number of carbonyl (C=O) groups is 1. The molecule has 26 heavy (non-hydrogen) atoms. The molecule has 2 aromatic rings. The fourth-order valence-corrected chi connectivity index (χ4v) is 4.73. The highest BCUT2D eigenvalue weighted by atomic mass is 35.5. The second-order valence-electron chi connectivity index (χ2n) is 7.83. The van der Waals surface area contributed by atoms with Gasteiger partial charge in [-0.05, 0) is 41.7 Å². The van der Waals surface area contributed by atoms with Crippen molar-refractivity contribution in [1.29, 1.82) is 0 Å². The van der Waals surface area contributed by atoms with E-state index in [0.717, 1.165) is 31.2 Å². The van der Waals surface area contributed by atoms with Crippen LogP contribution in [0.15, 0.2) is 48.5 Å². The van der Waals surface area contributed by atoms with Crippen molar-refractivity contribution in [3.05, 3.63) is 70.2 Å². The van der Waals surface area contributed by atoms with E-state index in [-0.39, 0.29) is 12.5 Å². The number of nitrogens with one attached hydrogen (secondary N) is 1. The van der Waals surface area contributed by atoms with Crippen LogP contribution in [0, 0.1) is 0 Å². The van der Waals surface area contributed by atoms with Crippen molar-refractivity contribution in [3.63, 3.8) is 0 Å². The average molecular weight is 370 g/mol. The van der Waals surface area contributed by atoms with E-state index in [0.29, 0.717) is 17.9 Å². The standard InChI is InChI=1S/C22H24ClNO2/c23-19-9-7-18(8-10-19)22(11-3-4-12-22)20(25)24-15-21(26)13-16-5-1-2-6-17(16)14-21/h1-2,5-10,26H,3-4,11-15H2,(H,24,25). The minimum absolute atomic E-state index is 0.0294. The van der Waals surface area contributed by atoms with Crippen LogP contribution >= 0.6 is 11.6 Å². The highest BCUT2D eigenvalue weighted by Crippen LogP contribution is 2.42. The molecule has 0 radical (unpaired) electrons. The molecule has 0 atom stereocenters. The van der Waals surface area contributed by atoms with Gasteiger partial charge in [-0.3, -0.25) is 4.79 Å². The summed E-state index contributed by atoms with van der Waals surface area (Å²) in [5.74, 6) is 0.0294. The van der Waals surface area contributed by atoms with Gasteiger partial charge in [0.15, 0.2) is 0 Å². The lowest BCUT2D eigenvalue weighted by Crippen LogP contribution is -2.49. The smallest absolute Gasteiger partial charge is 0.230 e. The Labute approximate surface area is 159 Å². The van der Waals surface area contributed by atoms with Gasteiger partial charge in [-0.2, -0.15) is 0 Å². The summed E-state index contributed by atoms with van der Waals surface area (Å²) in [5.41, 5.74) is 2.00. The quantitative estimate of drug-likeness (QED) is 0.861. The first-order valence-electron chi connectivity index (χ1n) is 9.34. The van der Waals surface area contributed by atoms with Crippen molar-refractivity contribution in [2.45, 2.75) is 49.5 Å². The molecule has 0 spiro atoms. The van der Waals surface area contributed by atoms with E-state index in [1.54, 1.807) is 0 Å². The molecule has 4 rings (SSSR count). The summed E-state index contributed by atoms with van der Waals surface area (Å²) in [6, 6.07) is 15.7. The molecular formula is C22H24ClNO2. The molecule has 0 heterocycles. The third-order valence-electron chi connectivity index (χ3n) is 6.02. The first-order valence-corrected chi connectivity index (χ1v) is 9.72. The highest BCUT2D eigenvalue weighted by Gasteiger charge is 2.44. The van der Waals surface area contributed by atoms with Crippen molar-refractivity contribution in [2.75, 3.05) is 6.54 Å². The maximum Gasteiger partial charge on any atom is 0.230 e. The molecule has 136 valence electrons. The van der Waals surface area contributed by atoms with Crippen molar-refractivity contribution in [2.24, 2.45) is 0 Å². The summed E-state index contributed by atoms with van der Waals surface area (Å²) in [6.07, 6.45) is 4.98. The number of halogens is 1. The van der Waals surface area contributed by atoms with E-state index < -0.39 is 11.0 Å². The third-order valence-corrected chi connectivity index (χ3v) is 6.28. The molecule has 4 heteroatoms. The van der Waals surface area contributed by atoms with E-state index in [9.17, 15) is 9.90 Å². The molecule has 0 unspecified atom stereocenters. The molecule has 0 aliphatic heterocycles. The van der Waals surface area contributed by atoms with Gasteiger partial charge in [0.25, 0.3) is 0 Å². The maximum atomic E-state index is 13.2. The topological polar surface area (TPSA) is 49.3 Å². The van der Waals surface area contributed by atoms with Crippen LogP contribution in [0.25, 0.3) is 0 Å². The maximum absolute atomic E-state index is 13.2. The molecular weight excluding hydrogens is 346 g/mol.